The molecule has 1 aliphatic heterocycles. The molecular formula is C16H20N2OS. The highest BCUT2D eigenvalue weighted by Gasteiger charge is 2.31. The lowest BCUT2D eigenvalue weighted by Gasteiger charge is -2.17. The topological polar surface area (TPSA) is 36.4 Å². The van der Waals surface area contributed by atoms with E-state index in [4.69, 9.17) is 4.98 Å². The lowest BCUT2D eigenvalue weighted by Crippen LogP contribution is -2.29. The monoisotopic (exact) mass is 288 g/mol. The van der Waals surface area contributed by atoms with Gasteiger partial charge in [-0.15, -0.1) is 11.3 Å². The lowest BCUT2D eigenvalue weighted by molar-refractivity contribution is 0.0678. The third-order valence-corrected chi connectivity index (χ3v) is 4.71. The van der Waals surface area contributed by atoms with E-state index in [-0.39, 0.29) is 0 Å². The number of aromatic nitrogens is 1. The second kappa shape index (κ2) is 5.28. The summed E-state index contributed by atoms with van der Waals surface area (Å²) in [5, 5.41) is 13.2. The molecule has 0 bridgehead atoms. The molecule has 106 valence electrons. The van der Waals surface area contributed by atoms with Crippen molar-refractivity contribution >= 4 is 11.3 Å². The number of hydrogen-bond acceptors (Lipinski definition) is 4. The molecule has 1 saturated heterocycles. The largest absolute Gasteiger partial charge is 0.389 e. The molecule has 4 heteroatoms. The van der Waals surface area contributed by atoms with Crippen LogP contribution < -0.4 is 0 Å². The molecule has 3 rings (SSSR count). The summed E-state index contributed by atoms with van der Waals surface area (Å²) in [6.07, 6.45) is 0.849. The predicted molar refractivity (Wildman–Crippen MR) is 82.8 cm³/mol. The summed E-state index contributed by atoms with van der Waals surface area (Å²) >= 11 is 1.69. The molecule has 1 aliphatic rings. The fraction of sp³-hybridized carbons (Fsp3) is 0.438. The van der Waals surface area contributed by atoms with Crippen molar-refractivity contribution in [2.45, 2.75) is 32.4 Å². The summed E-state index contributed by atoms with van der Waals surface area (Å²) in [6.45, 7) is 6.52. The highest BCUT2D eigenvalue weighted by atomic mass is 32.1. The first kappa shape index (κ1) is 13.7. The second-order valence-corrected chi connectivity index (χ2v) is 6.83. The Morgan fingerprint density at radius 1 is 1.35 bits per heavy atom. The fourth-order valence-electron chi connectivity index (χ4n) is 2.61. The summed E-state index contributed by atoms with van der Waals surface area (Å²) < 4.78 is 0. The number of benzene rings is 1. The smallest absolute Gasteiger partial charge is 0.123 e. The van der Waals surface area contributed by atoms with Crippen LogP contribution in [0.5, 0.6) is 0 Å². The molecule has 1 atom stereocenters. The van der Waals surface area contributed by atoms with E-state index in [0.29, 0.717) is 0 Å². The van der Waals surface area contributed by atoms with E-state index in [0.717, 1.165) is 36.8 Å². The van der Waals surface area contributed by atoms with Crippen molar-refractivity contribution < 1.29 is 5.11 Å². The molecule has 3 nitrogen and oxygen atoms in total. The zero-order valence-electron chi connectivity index (χ0n) is 12.0. The third kappa shape index (κ3) is 3.08. The van der Waals surface area contributed by atoms with Crippen LogP contribution in [0.25, 0.3) is 10.6 Å². The maximum Gasteiger partial charge on any atom is 0.123 e. The number of likely N-dealkylation sites (tertiary alicyclic amines) is 1. The second-order valence-electron chi connectivity index (χ2n) is 5.97. The van der Waals surface area contributed by atoms with Crippen LogP contribution in [0.15, 0.2) is 29.6 Å². The van der Waals surface area contributed by atoms with Gasteiger partial charge >= 0.3 is 0 Å². The average Bonchev–Trinajstić information content (AvgIpc) is 2.98. The van der Waals surface area contributed by atoms with Crippen molar-refractivity contribution in [3.05, 3.63) is 40.9 Å². The zero-order chi connectivity index (χ0) is 14.2. The number of aliphatic hydroxyl groups is 1. The van der Waals surface area contributed by atoms with E-state index < -0.39 is 5.60 Å². The van der Waals surface area contributed by atoms with Gasteiger partial charge in [-0.3, -0.25) is 4.90 Å². The van der Waals surface area contributed by atoms with E-state index in [9.17, 15) is 5.11 Å². The van der Waals surface area contributed by atoms with E-state index in [1.807, 2.05) is 6.92 Å². The Morgan fingerprint density at radius 3 is 2.75 bits per heavy atom. The van der Waals surface area contributed by atoms with Gasteiger partial charge in [0.25, 0.3) is 0 Å². The van der Waals surface area contributed by atoms with Crippen molar-refractivity contribution in [2.24, 2.45) is 0 Å². The molecule has 2 aromatic rings. The molecule has 0 aliphatic carbocycles. The Balaban J connectivity index is 1.70. The van der Waals surface area contributed by atoms with Gasteiger partial charge in [0.15, 0.2) is 0 Å². The van der Waals surface area contributed by atoms with Crippen LogP contribution in [-0.4, -0.2) is 33.7 Å². The van der Waals surface area contributed by atoms with E-state index in [1.165, 1.54) is 11.1 Å². The molecule has 2 heterocycles. The van der Waals surface area contributed by atoms with Gasteiger partial charge in [0.05, 0.1) is 11.3 Å². The van der Waals surface area contributed by atoms with Crippen LogP contribution in [-0.2, 0) is 6.54 Å². The van der Waals surface area contributed by atoms with Crippen molar-refractivity contribution in [1.82, 2.24) is 9.88 Å². The van der Waals surface area contributed by atoms with Gasteiger partial charge in [0, 0.05) is 30.6 Å². The third-order valence-electron chi connectivity index (χ3n) is 3.77. The van der Waals surface area contributed by atoms with Gasteiger partial charge in [-0.2, -0.15) is 0 Å². The molecule has 0 amide bonds. The van der Waals surface area contributed by atoms with Gasteiger partial charge < -0.3 is 5.11 Å². The number of hydrogen-bond donors (Lipinski definition) is 1. The minimum absolute atomic E-state index is 0.532. The number of β-amino-alcohol motifs (C(OH)–C–C–N with tert-alkyl or cyclic N) is 1. The molecule has 0 radical (unpaired) electrons. The van der Waals surface area contributed by atoms with Gasteiger partial charge in [-0.25, -0.2) is 4.98 Å². The molecular weight excluding hydrogens is 268 g/mol. The average molecular weight is 288 g/mol. The summed E-state index contributed by atoms with van der Waals surface area (Å²) in [5.41, 5.74) is 3.02. The van der Waals surface area contributed by atoms with Crippen molar-refractivity contribution in [3.8, 4) is 10.6 Å². The van der Waals surface area contributed by atoms with Crippen molar-refractivity contribution in [2.75, 3.05) is 13.1 Å². The summed E-state index contributed by atoms with van der Waals surface area (Å²) in [4.78, 5) is 6.99. The summed E-state index contributed by atoms with van der Waals surface area (Å²) in [5.74, 6) is 0. The molecule has 20 heavy (non-hydrogen) atoms. The molecule has 1 fully saturated rings. The van der Waals surface area contributed by atoms with Crippen LogP contribution in [0.2, 0.25) is 0 Å². The van der Waals surface area contributed by atoms with Gasteiger partial charge in [-0.05, 0) is 20.3 Å². The van der Waals surface area contributed by atoms with Crippen molar-refractivity contribution in [1.29, 1.82) is 0 Å². The molecule has 1 aromatic carbocycles. The molecule has 0 spiro atoms. The number of thiazole rings is 1. The lowest BCUT2D eigenvalue weighted by atomic mass is 10.1. The number of nitrogens with zero attached hydrogens (tertiary/aromatic N) is 2. The standard InChI is InChI=1S/C16H20N2OS/c1-12-3-5-13(6-4-12)15-17-14(10-20-15)9-18-8-7-16(2,19)11-18/h3-6,10,19H,7-9,11H2,1-2H3. The van der Waals surface area contributed by atoms with E-state index in [1.54, 1.807) is 11.3 Å². The van der Waals surface area contributed by atoms with Gasteiger partial charge in [0.2, 0.25) is 0 Å². The molecule has 1 N–H and O–H groups in total. The minimum atomic E-state index is -0.532. The first-order valence-electron chi connectivity index (χ1n) is 6.98. The molecule has 1 unspecified atom stereocenters. The summed E-state index contributed by atoms with van der Waals surface area (Å²) in [7, 11) is 0. The number of rotatable bonds is 3. The highest BCUT2D eigenvalue weighted by molar-refractivity contribution is 7.13. The Labute approximate surface area is 123 Å². The zero-order valence-corrected chi connectivity index (χ0v) is 12.8. The van der Waals surface area contributed by atoms with Crippen molar-refractivity contribution in [3.63, 3.8) is 0 Å². The van der Waals surface area contributed by atoms with Crippen LogP contribution in [0, 0.1) is 6.92 Å². The maximum absolute atomic E-state index is 9.99. The Morgan fingerprint density at radius 2 is 2.10 bits per heavy atom. The summed E-state index contributed by atoms with van der Waals surface area (Å²) in [6, 6.07) is 8.49. The first-order chi connectivity index (χ1) is 9.52. The maximum atomic E-state index is 9.99. The van der Waals surface area contributed by atoms with Crippen LogP contribution in [0.3, 0.4) is 0 Å². The van der Waals surface area contributed by atoms with Crippen LogP contribution in [0.1, 0.15) is 24.6 Å². The molecule has 1 aromatic heterocycles. The minimum Gasteiger partial charge on any atom is -0.389 e. The van der Waals surface area contributed by atoms with Gasteiger partial charge in [0.1, 0.15) is 5.01 Å². The Bertz CT molecular complexity index is 589. The fourth-order valence-corrected chi connectivity index (χ4v) is 3.43. The number of aryl methyl sites for hydroxylation is 1. The van der Waals surface area contributed by atoms with Crippen LogP contribution >= 0.6 is 11.3 Å². The quantitative estimate of drug-likeness (QED) is 0.943. The first-order valence-corrected chi connectivity index (χ1v) is 7.86. The Hall–Kier alpha value is -1.23. The van der Waals surface area contributed by atoms with E-state index >= 15 is 0 Å². The SMILES string of the molecule is Cc1ccc(-c2nc(CN3CCC(C)(O)C3)cs2)cc1. The Kier molecular flexibility index (Phi) is 3.63. The normalized spacial score (nSPS) is 23.4. The molecule has 0 saturated carbocycles. The van der Waals surface area contributed by atoms with Crippen LogP contribution in [0.4, 0.5) is 0 Å². The van der Waals surface area contributed by atoms with E-state index in [2.05, 4.69) is 41.5 Å². The predicted octanol–water partition coefficient (Wildman–Crippen LogP) is 3.08. The highest BCUT2D eigenvalue weighted by Crippen LogP contribution is 2.26. The van der Waals surface area contributed by atoms with Gasteiger partial charge in [-0.1, -0.05) is 29.8 Å².